The van der Waals surface area contributed by atoms with Crippen molar-refractivity contribution >= 4 is 29.1 Å². The lowest BCUT2D eigenvalue weighted by Crippen LogP contribution is -2.28. The number of rotatable bonds is 6. The zero-order chi connectivity index (χ0) is 14.7. The number of nitrogens with one attached hydrogen (secondary N) is 1. The third-order valence-electron chi connectivity index (χ3n) is 3.74. The molecule has 20 heavy (non-hydrogen) atoms. The maximum Gasteiger partial charge on any atom is 0.223 e. The van der Waals surface area contributed by atoms with E-state index in [0.29, 0.717) is 29.4 Å². The first kappa shape index (κ1) is 15.6. The monoisotopic (exact) mass is 315 g/mol. The number of aliphatic hydroxyl groups excluding tert-OH is 1. The van der Waals surface area contributed by atoms with Crippen molar-refractivity contribution in [2.24, 2.45) is 5.92 Å². The van der Waals surface area contributed by atoms with Crippen molar-refractivity contribution in [1.82, 2.24) is 5.32 Å². The van der Waals surface area contributed by atoms with Gasteiger partial charge in [0.25, 0.3) is 0 Å². The Bertz CT molecular complexity index is 493. The third kappa shape index (κ3) is 3.87. The van der Waals surface area contributed by atoms with Crippen LogP contribution in [0.5, 0.6) is 0 Å². The second-order valence-corrected chi connectivity index (χ2v) is 6.10. The highest BCUT2D eigenvalue weighted by Gasteiger charge is 2.44. The first-order chi connectivity index (χ1) is 9.52. The van der Waals surface area contributed by atoms with Gasteiger partial charge in [0, 0.05) is 22.5 Å². The van der Waals surface area contributed by atoms with Gasteiger partial charge >= 0.3 is 0 Å². The molecule has 1 aliphatic carbocycles. The second-order valence-electron chi connectivity index (χ2n) is 5.26. The molecule has 0 aliphatic heterocycles. The van der Waals surface area contributed by atoms with Gasteiger partial charge in [0.2, 0.25) is 5.91 Å². The average molecular weight is 316 g/mol. The van der Waals surface area contributed by atoms with Crippen LogP contribution in [-0.2, 0) is 4.79 Å². The number of carbonyl (C=O) groups excluding carboxylic acids is 1. The molecule has 3 atom stereocenters. The number of hydrogen-bond donors (Lipinski definition) is 2. The Balaban J connectivity index is 1.83. The topological polar surface area (TPSA) is 49.3 Å². The van der Waals surface area contributed by atoms with Crippen molar-refractivity contribution in [2.75, 3.05) is 6.54 Å². The minimum Gasteiger partial charge on any atom is -0.393 e. The number of aliphatic hydroxyl groups is 1. The molecule has 0 saturated heterocycles. The van der Waals surface area contributed by atoms with E-state index in [1.165, 1.54) is 0 Å². The summed E-state index contributed by atoms with van der Waals surface area (Å²) in [5, 5.41) is 13.5. The fraction of sp³-hybridized carbons (Fsp3) is 0.533. The van der Waals surface area contributed by atoms with Crippen LogP contribution in [-0.4, -0.2) is 23.7 Å². The number of hydrogen-bond acceptors (Lipinski definition) is 2. The van der Waals surface area contributed by atoms with Crippen LogP contribution in [0.15, 0.2) is 18.2 Å². The minimum absolute atomic E-state index is 0.00700. The van der Waals surface area contributed by atoms with Gasteiger partial charge in [0.15, 0.2) is 0 Å². The van der Waals surface area contributed by atoms with Crippen molar-refractivity contribution in [1.29, 1.82) is 0 Å². The summed E-state index contributed by atoms with van der Waals surface area (Å²) < 4.78 is 0. The third-order valence-corrected chi connectivity index (χ3v) is 4.30. The maximum atomic E-state index is 12.0. The minimum atomic E-state index is -0.337. The zero-order valence-corrected chi connectivity index (χ0v) is 12.9. The lowest BCUT2D eigenvalue weighted by molar-refractivity contribution is -0.122. The quantitative estimate of drug-likeness (QED) is 0.845. The van der Waals surface area contributed by atoms with Crippen molar-refractivity contribution < 1.29 is 9.90 Å². The average Bonchev–Trinajstić information content (AvgIpc) is 3.18. The van der Waals surface area contributed by atoms with Crippen LogP contribution in [0.3, 0.4) is 0 Å². The highest BCUT2D eigenvalue weighted by atomic mass is 35.5. The molecule has 1 amide bonds. The molecule has 5 heteroatoms. The summed E-state index contributed by atoms with van der Waals surface area (Å²) in [5.41, 5.74) is 0.991. The molecule has 1 fully saturated rings. The van der Waals surface area contributed by atoms with Crippen LogP contribution in [0, 0.1) is 5.92 Å². The molecule has 1 aromatic carbocycles. The lowest BCUT2D eigenvalue weighted by atomic mass is 10.1. The molecule has 3 unspecified atom stereocenters. The van der Waals surface area contributed by atoms with Crippen LogP contribution in [0.2, 0.25) is 10.0 Å². The Labute approximate surface area is 129 Å². The van der Waals surface area contributed by atoms with Gasteiger partial charge in [-0.15, -0.1) is 0 Å². The molecule has 1 aliphatic rings. The summed E-state index contributed by atoms with van der Waals surface area (Å²) in [7, 11) is 0. The molecule has 2 rings (SSSR count). The van der Waals surface area contributed by atoms with E-state index >= 15 is 0 Å². The van der Waals surface area contributed by atoms with E-state index in [1.807, 2.05) is 13.0 Å². The van der Waals surface area contributed by atoms with Crippen LogP contribution in [0.4, 0.5) is 0 Å². The fourth-order valence-electron chi connectivity index (χ4n) is 2.33. The van der Waals surface area contributed by atoms with Gasteiger partial charge < -0.3 is 10.4 Å². The van der Waals surface area contributed by atoms with Gasteiger partial charge in [0.1, 0.15) is 0 Å². The summed E-state index contributed by atoms with van der Waals surface area (Å²) in [5.74, 6) is 0.229. The highest BCUT2D eigenvalue weighted by molar-refractivity contribution is 6.35. The molecule has 110 valence electrons. The smallest absolute Gasteiger partial charge is 0.223 e. The Morgan fingerprint density at radius 2 is 2.25 bits per heavy atom. The van der Waals surface area contributed by atoms with E-state index < -0.39 is 0 Å². The normalized spacial score (nSPS) is 22.4. The number of halogens is 2. The van der Waals surface area contributed by atoms with Gasteiger partial charge in [0.05, 0.1) is 6.10 Å². The summed E-state index contributed by atoms with van der Waals surface area (Å²) in [6.07, 6.45) is 1.80. The van der Waals surface area contributed by atoms with Crippen LogP contribution in [0.25, 0.3) is 0 Å². The first-order valence-electron chi connectivity index (χ1n) is 6.93. The van der Waals surface area contributed by atoms with Crippen molar-refractivity contribution in [3.63, 3.8) is 0 Å². The van der Waals surface area contributed by atoms with E-state index in [1.54, 1.807) is 12.1 Å². The fourth-order valence-corrected chi connectivity index (χ4v) is 2.88. The predicted octanol–water partition coefficient (Wildman–Crippen LogP) is 3.37. The van der Waals surface area contributed by atoms with Crippen molar-refractivity contribution in [3.8, 4) is 0 Å². The van der Waals surface area contributed by atoms with Gasteiger partial charge in [-0.3, -0.25) is 4.79 Å². The standard InChI is InChI=1S/C15H19Cl2NO2/c1-2-10(19)5-6-18-15(20)13-8-12(13)11-4-3-9(16)7-14(11)17/h3-4,7,10,12-13,19H,2,5-6,8H2,1H3,(H,18,20). The largest absolute Gasteiger partial charge is 0.393 e. The molecular formula is C15H19Cl2NO2. The SMILES string of the molecule is CCC(O)CCNC(=O)C1CC1c1ccc(Cl)cc1Cl. The van der Waals surface area contributed by atoms with Gasteiger partial charge in [-0.2, -0.15) is 0 Å². The van der Waals surface area contributed by atoms with E-state index in [4.69, 9.17) is 23.2 Å². The van der Waals surface area contributed by atoms with Crippen LogP contribution >= 0.6 is 23.2 Å². The molecule has 3 nitrogen and oxygen atoms in total. The molecule has 0 bridgehead atoms. The Morgan fingerprint density at radius 3 is 2.90 bits per heavy atom. The molecule has 0 aromatic heterocycles. The molecule has 1 saturated carbocycles. The van der Waals surface area contributed by atoms with Crippen molar-refractivity contribution in [2.45, 2.75) is 38.2 Å². The number of amides is 1. The molecule has 1 aromatic rings. The first-order valence-corrected chi connectivity index (χ1v) is 7.69. The van der Waals surface area contributed by atoms with E-state index in [0.717, 1.165) is 12.0 Å². The molecule has 2 N–H and O–H groups in total. The van der Waals surface area contributed by atoms with Crippen molar-refractivity contribution in [3.05, 3.63) is 33.8 Å². The molecular weight excluding hydrogens is 297 g/mol. The van der Waals surface area contributed by atoms with Gasteiger partial charge in [-0.1, -0.05) is 36.2 Å². The Hall–Kier alpha value is -0.770. The predicted molar refractivity (Wildman–Crippen MR) is 81.2 cm³/mol. The Kier molecular flexibility index (Phi) is 5.30. The van der Waals surface area contributed by atoms with E-state index in [9.17, 15) is 9.90 Å². The summed E-state index contributed by atoms with van der Waals surface area (Å²) in [6.45, 7) is 2.44. The van der Waals surface area contributed by atoms with Gasteiger partial charge in [-0.25, -0.2) is 0 Å². The summed E-state index contributed by atoms with van der Waals surface area (Å²) in [6, 6.07) is 5.40. The second kappa shape index (κ2) is 6.79. The lowest BCUT2D eigenvalue weighted by Gasteiger charge is -2.09. The number of carbonyl (C=O) groups is 1. The maximum absolute atomic E-state index is 12.0. The number of benzene rings is 1. The van der Waals surface area contributed by atoms with Crippen LogP contribution < -0.4 is 5.32 Å². The van der Waals surface area contributed by atoms with Crippen LogP contribution in [0.1, 0.15) is 37.7 Å². The molecule has 0 spiro atoms. The molecule has 0 heterocycles. The van der Waals surface area contributed by atoms with E-state index in [-0.39, 0.29) is 23.8 Å². The summed E-state index contributed by atoms with van der Waals surface area (Å²) >= 11 is 12.0. The Morgan fingerprint density at radius 1 is 1.50 bits per heavy atom. The highest BCUT2D eigenvalue weighted by Crippen LogP contribution is 2.49. The summed E-state index contributed by atoms with van der Waals surface area (Å²) in [4.78, 5) is 12.0. The molecule has 0 radical (unpaired) electrons. The van der Waals surface area contributed by atoms with Gasteiger partial charge in [-0.05, 0) is 42.9 Å². The van der Waals surface area contributed by atoms with E-state index in [2.05, 4.69) is 5.32 Å². The zero-order valence-electron chi connectivity index (χ0n) is 11.4.